The van der Waals surface area contributed by atoms with Crippen LogP contribution in [0.1, 0.15) is 12.1 Å². The third-order valence-corrected chi connectivity index (χ3v) is 4.41. The van der Waals surface area contributed by atoms with Gasteiger partial charge in [0.25, 0.3) is 0 Å². The summed E-state index contributed by atoms with van der Waals surface area (Å²) in [5.41, 5.74) is 2.36. The van der Waals surface area contributed by atoms with Crippen LogP contribution in [0.5, 0.6) is 0 Å². The Bertz CT molecular complexity index is 614. The Balaban J connectivity index is 1.55. The Morgan fingerprint density at radius 2 is 2.14 bits per heavy atom. The smallest absolute Gasteiger partial charge is 0.126 e. The summed E-state index contributed by atoms with van der Waals surface area (Å²) in [6.45, 7) is 5.25. The third-order valence-electron chi connectivity index (χ3n) is 3.92. The second kappa shape index (κ2) is 6.48. The fourth-order valence-electron chi connectivity index (χ4n) is 2.80. The van der Waals surface area contributed by atoms with Crippen LogP contribution in [0.3, 0.4) is 0 Å². The molecule has 21 heavy (non-hydrogen) atoms. The zero-order valence-corrected chi connectivity index (χ0v) is 13.8. The van der Waals surface area contributed by atoms with E-state index in [-0.39, 0.29) is 0 Å². The lowest BCUT2D eigenvalue weighted by Gasteiger charge is -2.19. The number of anilines is 2. The van der Waals surface area contributed by atoms with Gasteiger partial charge in [0, 0.05) is 35.5 Å². The molecule has 0 amide bonds. The fraction of sp³-hybridized carbons (Fsp3) is 0.353. The van der Waals surface area contributed by atoms with Gasteiger partial charge in [-0.2, -0.15) is 0 Å². The van der Waals surface area contributed by atoms with E-state index in [1.54, 1.807) is 0 Å². The highest BCUT2D eigenvalue weighted by Crippen LogP contribution is 2.26. The van der Waals surface area contributed by atoms with E-state index in [0.717, 1.165) is 35.6 Å². The summed E-state index contributed by atoms with van der Waals surface area (Å²) in [7, 11) is 0. The van der Waals surface area contributed by atoms with Gasteiger partial charge < -0.3 is 10.2 Å². The minimum Gasteiger partial charge on any atom is -0.371 e. The fourth-order valence-corrected chi connectivity index (χ4v) is 3.18. The number of aryl methyl sites for hydroxylation is 1. The van der Waals surface area contributed by atoms with Crippen molar-refractivity contribution in [1.82, 2.24) is 4.98 Å². The summed E-state index contributed by atoms with van der Waals surface area (Å²) in [5, 5.41) is 3.46. The van der Waals surface area contributed by atoms with E-state index < -0.39 is 0 Å². The lowest BCUT2D eigenvalue weighted by Crippen LogP contribution is -2.22. The van der Waals surface area contributed by atoms with Gasteiger partial charge in [0.15, 0.2) is 0 Å². The number of nitrogens with zero attached hydrogens (tertiary/aromatic N) is 2. The maximum Gasteiger partial charge on any atom is 0.126 e. The predicted molar refractivity (Wildman–Crippen MR) is 91.9 cm³/mol. The van der Waals surface area contributed by atoms with Crippen LogP contribution in [0.2, 0.25) is 0 Å². The van der Waals surface area contributed by atoms with Crippen molar-refractivity contribution in [2.45, 2.75) is 13.3 Å². The van der Waals surface area contributed by atoms with Crippen LogP contribution >= 0.6 is 15.9 Å². The molecule has 1 unspecified atom stereocenters. The summed E-state index contributed by atoms with van der Waals surface area (Å²) >= 11 is 3.55. The van der Waals surface area contributed by atoms with Gasteiger partial charge in [-0.3, -0.25) is 0 Å². The molecule has 1 N–H and O–H groups in total. The highest BCUT2D eigenvalue weighted by molar-refractivity contribution is 9.10. The number of nitrogens with one attached hydrogen (secondary N) is 1. The van der Waals surface area contributed by atoms with Crippen molar-refractivity contribution in [2.24, 2.45) is 5.92 Å². The van der Waals surface area contributed by atoms with E-state index in [0.29, 0.717) is 5.92 Å². The molecule has 1 fully saturated rings. The first-order valence-corrected chi connectivity index (χ1v) is 8.18. The van der Waals surface area contributed by atoms with E-state index >= 15 is 0 Å². The quantitative estimate of drug-likeness (QED) is 0.904. The molecule has 4 heteroatoms. The third kappa shape index (κ3) is 3.76. The van der Waals surface area contributed by atoms with E-state index in [1.165, 1.54) is 12.1 Å². The largest absolute Gasteiger partial charge is 0.371 e. The molecular weight excluding hydrogens is 326 g/mol. The van der Waals surface area contributed by atoms with Gasteiger partial charge in [0.1, 0.15) is 5.82 Å². The SMILES string of the molecule is Cc1cccc(NCC2CCN(c3cccc(Br)c3)C2)n1. The molecule has 0 saturated carbocycles. The normalized spacial score (nSPS) is 18.0. The maximum atomic E-state index is 4.49. The highest BCUT2D eigenvalue weighted by atomic mass is 79.9. The van der Waals surface area contributed by atoms with Crippen molar-refractivity contribution < 1.29 is 0 Å². The maximum absolute atomic E-state index is 4.49. The first-order valence-electron chi connectivity index (χ1n) is 7.39. The number of hydrogen-bond donors (Lipinski definition) is 1. The average molecular weight is 346 g/mol. The van der Waals surface area contributed by atoms with Gasteiger partial charge >= 0.3 is 0 Å². The Morgan fingerprint density at radius 1 is 1.29 bits per heavy atom. The van der Waals surface area contributed by atoms with Crippen molar-refractivity contribution in [3.63, 3.8) is 0 Å². The summed E-state index contributed by atoms with van der Waals surface area (Å²) < 4.78 is 1.14. The molecule has 1 saturated heterocycles. The monoisotopic (exact) mass is 345 g/mol. The van der Waals surface area contributed by atoms with Crippen molar-refractivity contribution >= 4 is 27.4 Å². The molecule has 1 aliphatic heterocycles. The Hall–Kier alpha value is -1.55. The molecule has 2 heterocycles. The van der Waals surface area contributed by atoms with E-state index in [2.05, 4.69) is 55.4 Å². The van der Waals surface area contributed by atoms with Crippen LogP contribution in [-0.4, -0.2) is 24.6 Å². The topological polar surface area (TPSA) is 28.2 Å². The van der Waals surface area contributed by atoms with E-state index in [1.807, 2.05) is 25.1 Å². The number of aromatic nitrogens is 1. The van der Waals surface area contributed by atoms with Gasteiger partial charge in [0.2, 0.25) is 0 Å². The lowest BCUT2D eigenvalue weighted by atomic mass is 10.1. The minimum absolute atomic E-state index is 0.672. The van der Waals surface area contributed by atoms with Crippen LogP contribution < -0.4 is 10.2 Å². The minimum atomic E-state index is 0.672. The molecule has 0 aliphatic carbocycles. The van der Waals surface area contributed by atoms with Gasteiger partial charge in [-0.15, -0.1) is 0 Å². The van der Waals surface area contributed by atoms with Gasteiger partial charge in [-0.05, 0) is 49.6 Å². The zero-order chi connectivity index (χ0) is 14.7. The molecule has 3 rings (SSSR count). The Morgan fingerprint density at radius 3 is 2.95 bits per heavy atom. The van der Waals surface area contributed by atoms with Crippen molar-refractivity contribution in [2.75, 3.05) is 29.9 Å². The first-order chi connectivity index (χ1) is 10.2. The van der Waals surface area contributed by atoms with E-state index in [4.69, 9.17) is 0 Å². The molecule has 0 bridgehead atoms. The molecule has 1 aromatic heterocycles. The lowest BCUT2D eigenvalue weighted by molar-refractivity contribution is 0.621. The summed E-state index contributed by atoms with van der Waals surface area (Å²) in [4.78, 5) is 6.95. The molecule has 3 nitrogen and oxygen atoms in total. The van der Waals surface area contributed by atoms with Gasteiger partial charge in [-0.25, -0.2) is 4.98 Å². The Kier molecular flexibility index (Phi) is 4.44. The standard InChI is InChI=1S/C17H20BrN3/c1-13-4-2-7-17(20-13)19-11-14-8-9-21(12-14)16-6-3-5-15(18)10-16/h2-7,10,14H,8-9,11-12H2,1H3,(H,19,20). The van der Waals surface area contributed by atoms with Crippen LogP contribution in [0.15, 0.2) is 46.9 Å². The summed E-state index contributed by atoms with van der Waals surface area (Å²) in [6.07, 6.45) is 1.23. The van der Waals surface area contributed by atoms with Crippen LogP contribution in [0, 0.1) is 12.8 Å². The molecular formula is C17H20BrN3. The number of hydrogen-bond acceptors (Lipinski definition) is 3. The van der Waals surface area contributed by atoms with Crippen molar-refractivity contribution in [1.29, 1.82) is 0 Å². The summed E-state index contributed by atoms with van der Waals surface area (Å²) in [5.74, 6) is 1.65. The number of halogens is 1. The molecule has 2 aromatic rings. The molecule has 1 atom stereocenters. The number of rotatable bonds is 4. The second-order valence-corrected chi connectivity index (χ2v) is 6.54. The Labute approximate surface area is 134 Å². The summed E-state index contributed by atoms with van der Waals surface area (Å²) in [6, 6.07) is 14.7. The average Bonchev–Trinajstić information content (AvgIpc) is 2.94. The zero-order valence-electron chi connectivity index (χ0n) is 12.2. The van der Waals surface area contributed by atoms with Gasteiger partial charge in [-0.1, -0.05) is 28.1 Å². The molecule has 1 aliphatic rings. The predicted octanol–water partition coefficient (Wildman–Crippen LogP) is 4.09. The molecule has 110 valence electrons. The second-order valence-electron chi connectivity index (χ2n) is 5.63. The van der Waals surface area contributed by atoms with Crippen LogP contribution in [0.25, 0.3) is 0 Å². The molecule has 0 radical (unpaired) electrons. The van der Waals surface area contributed by atoms with Crippen LogP contribution in [-0.2, 0) is 0 Å². The van der Waals surface area contributed by atoms with Crippen molar-refractivity contribution in [3.8, 4) is 0 Å². The van der Waals surface area contributed by atoms with Gasteiger partial charge in [0.05, 0.1) is 0 Å². The number of benzene rings is 1. The molecule has 1 aromatic carbocycles. The van der Waals surface area contributed by atoms with E-state index in [9.17, 15) is 0 Å². The van der Waals surface area contributed by atoms with Crippen molar-refractivity contribution in [3.05, 3.63) is 52.6 Å². The highest BCUT2D eigenvalue weighted by Gasteiger charge is 2.22. The molecule has 0 spiro atoms. The first kappa shape index (κ1) is 14.4. The van der Waals surface area contributed by atoms with Crippen LogP contribution in [0.4, 0.5) is 11.5 Å². The number of pyridine rings is 1.